The van der Waals surface area contributed by atoms with E-state index >= 15 is 0 Å². The lowest BCUT2D eigenvalue weighted by molar-refractivity contribution is -0.384. The van der Waals surface area contributed by atoms with Crippen LogP contribution in [0.3, 0.4) is 0 Å². The van der Waals surface area contributed by atoms with Crippen LogP contribution < -0.4 is 0 Å². The van der Waals surface area contributed by atoms with Crippen molar-refractivity contribution in [3.63, 3.8) is 0 Å². The van der Waals surface area contributed by atoms with Gasteiger partial charge in [0, 0.05) is 18.7 Å². The number of aliphatic hydroxyl groups is 1. The number of ketones is 1. The van der Waals surface area contributed by atoms with Crippen LogP contribution in [0.2, 0.25) is 0 Å². The first-order valence-corrected chi connectivity index (χ1v) is 9.31. The number of hydrogen-bond acceptors (Lipinski definition) is 5. The van der Waals surface area contributed by atoms with E-state index in [2.05, 4.69) is 13.8 Å². The standard InChI is InChI=1S/C20H26N2O5/c1-4-6-7-14(5-2)12-21-18(17(13(3)23)19(24)20(21)25)15-8-10-16(11-9-15)22(26)27/h8-11,14,18,24H,4-7,12H2,1-3H3/t14-,18+/m1/s1. The molecule has 146 valence electrons. The molecule has 0 saturated heterocycles. The first-order valence-electron chi connectivity index (χ1n) is 9.31. The van der Waals surface area contributed by atoms with Crippen LogP contribution in [0.25, 0.3) is 0 Å². The number of carbonyl (C=O) groups is 2. The van der Waals surface area contributed by atoms with Gasteiger partial charge in [0.2, 0.25) is 0 Å². The molecule has 0 aromatic heterocycles. The van der Waals surface area contributed by atoms with Gasteiger partial charge in [-0.1, -0.05) is 33.1 Å². The molecule has 7 heteroatoms. The molecule has 2 atom stereocenters. The average Bonchev–Trinajstić information content (AvgIpc) is 2.89. The van der Waals surface area contributed by atoms with Crippen molar-refractivity contribution in [2.45, 2.75) is 52.5 Å². The molecule has 1 N–H and O–H groups in total. The predicted molar refractivity (Wildman–Crippen MR) is 101 cm³/mol. The summed E-state index contributed by atoms with van der Waals surface area (Å²) in [6.45, 7) is 5.91. The number of Topliss-reactive ketones (excluding diaryl/α,β-unsaturated/α-hetero) is 1. The molecule has 1 amide bonds. The van der Waals surface area contributed by atoms with E-state index in [4.69, 9.17) is 0 Å². The molecule has 1 aromatic rings. The molecule has 1 aliphatic rings. The molecule has 0 bridgehead atoms. The molecule has 0 unspecified atom stereocenters. The van der Waals surface area contributed by atoms with E-state index in [1.807, 2.05) is 0 Å². The fourth-order valence-corrected chi connectivity index (χ4v) is 3.52. The van der Waals surface area contributed by atoms with Gasteiger partial charge in [0.25, 0.3) is 11.6 Å². The molecular formula is C20H26N2O5. The van der Waals surface area contributed by atoms with Gasteiger partial charge < -0.3 is 10.0 Å². The highest BCUT2D eigenvalue weighted by Gasteiger charge is 2.42. The number of hydrogen-bond donors (Lipinski definition) is 1. The second kappa shape index (κ2) is 8.79. The predicted octanol–water partition coefficient (Wildman–Crippen LogP) is 4.10. The van der Waals surface area contributed by atoms with Crippen LogP contribution in [0.4, 0.5) is 5.69 Å². The highest BCUT2D eigenvalue weighted by Crippen LogP contribution is 2.39. The third-order valence-corrected chi connectivity index (χ3v) is 5.10. The minimum absolute atomic E-state index is 0.0548. The van der Waals surface area contributed by atoms with Gasteiger partial charge >= 0.3 is 0 Å². The molecule has 1 aromatic carbocycles. The second-order valence-corrected chi connectivity index (χ2v) is 6.94. The fourth-order valence-electron chi connectivity index (χ4n) is 3.52. The van der Waals surface area contributed by atoms with Crippen molar-refractivity contribution in [2.24, 2.45) is 5.92 Å². The Labute approximate surface area is 158 Å². The van der Waals surface area contributed by atoms with Crippen molar-refractivity contribution < 1.29 is 19.6 Å². The normalized spacial score (nSPS) is 18.1. The van der Waals surface area contributed by atoms with Crippen LogP contribution >= 0.6 is 0 Å². The third kappa shape index (κ3) is 4.35. The highest BCUT2D eigenvalue weighted by atomic mass is 16.6. The maximum absolute atomic E-state index is 12.7. The monoisotopic (exact) mass is 374 g/mol. The van der Waals surface area contributed by atoms with Gasteiger partial charge in [-0.15, -0.1) is 0 Å². The Morgan fingerprint density at radius 1 is 1.30 bits per heavy atom. The molecule has 7 nitrogen and oxygen atoms in total. The molecule has 1 heterocycles. The van der Waals surface area contributed by atoms with Crippen LogP contribution in [-0.2, 0) is 9.59 Å². The number of nitro benzene ring substituents is 1. The van der Waals surface area contributed by atoms with Gasteiger partial charge in [-0.05, 0) is 37.0 Å². The number of amides is 1. The number of benzene rings is 1. The maximum Gasteiger partial charge on any atom is 0.290 e. The largest absolute Gasteiger partial charge is 0.503 e. The van der Waals surface area contributed by atoms with Gasteiger partial charge in [0.1, 0.15) is 0 Å². The molecule has 0 spiro atoms. The van der Waals surface area contributed by atoms with E-state index < -0.39 is 22.6 Å². The van der Waals surface area contributed by atoms with E-state index in [-0.39, 0.29) is 23.0 Å². The summed E-state index contributed by atoms with van der Waals surface area (Å²) in [4.78, 5) is 36.7. The molecule has 0 aliphatic carbocycles. The van der Waals surface area contributed by atoms with E-state index in [1.54, 1.807) is 0 Å². The number of nitrogens with zero attached hydrogens (tertiary/aromatic N) is 2. The topological polar surface area (TPSA) is 101 Å². The van der Waals surface area contributed by atoms with Crippen molar-refractivity contribution in [1.82, 2.24) is 4.90 Å². The Morgan fingerprint density at radius 2 is 1.93 bits per heavy atom. The summed E-state index contributed by atoms with van der Waals surface area (Å²) < 4.78 is 0. The smallest absolute Gasteiger partial charge is 0.290 e. The first kappa shape index (κ1) is 20.6. The molecule has 0 fully saturated rings. The molecule has 27 heavy (non-hydrogen) atoms. The van der Waals surface area contributed by atoms with Crippen molar-refractivity contribution in [3.8, 4) is 0 Å². The molecule has 0 radical (unpaired) electrons. The van der Waals surface area contributed by atoms with Gasteiger partial charge in [-0.3, -0.25) is 19.7 Å². The third-order valence-electron chi connectivity index (χ3n) is 5.10. The zero-order valence-corrected chi connectivity index (χ0v) is 16.0. The summed E-state index contributed by atoms with van der Waals surface area (Å²) in [5.41, 5.74) is 0.564. The Bertz CT molecular complexity index is 754. The maximum atomic E-state index is 12.7. The van der Waals surface area contributed by atoms with Crippen molar-refractivity contribution in [2.75, 3.05) is 6.54 Å². The minimum atomic E-state index is -0.716. The van der Waals surface area contributed by atoms with Crippen LogP contribution in [-0.4, -0.2) is 33.2 Å². The highest BCUT2D eigenvalue weighted by molar-refractivity contribution is 6.08. The van der Waals surface area contributed by atoms with E-state index in [0.29, 0.717) is 12.1 Å². The van der Waals surface area contributed by atoms with Gasteiger partial charge in [-0.25, -0.2) is 0 Å². The molecular weight excluding hydrogens is 348 g/mol. The SMILES string of the molecule is CCCC[C@@H](CC)CN1C(=O)C(O)=C(C(C)=O)[C@@H]1c1ccc([N+](=O)[O-])cc1. The van der Waals surface area contributed by atoms with Crippen LogP contribution in [0.1, 0.15) is 58.1 Å². The number of non-ortho nitro benzene ring substituents is 1. The number of unbranched alkanes of at least 4 members (excludes halogenated alkanes) is 1. The number of carbonyl (C=O) groups excluding carboxylic acids is 2. The van der Waals surface area contributed by atoms with Gasteiger partial charge in [0.15, 0.2) is 11.5 Å². The molecule has 1 aliphatic heterocycles. The quantitative estimate of drug-likeness (QED) is 0.518. The second-order valence-electron chi connectivity index (χ2n) is 6.94. The summed E-state index contributed by atoms with van der Waals surface area (Å²) in [7, 11) is 0. The van der Waals surface area contributed by atoms with Crippen molar-refractivity contribution in [1.29, 1.82) is 0 Å². The zero-order valence-electron chi connectivity index (χ0n) is 16.0. The van der Waals surface area contributed by atoms with E-state index in [9.17, 15) is 24.8 Å². The van der Waals surface area contributed by atoms with Gasteiger partial charge in [-0.2, -0.15) is 0 Å². The Kier molecular flexibility index (Phi) is 6.71. The van der Waals surface area contributed by atoms with Crippen molar-refractivity contribution in [3.05, 3.63) is 51.3 Å². The van der Waals surface area contributed by atoms with E-state index in [1.165, 1.54) is 36.1 Å². The first-order chi connectivity index (χ1) is 12.8. The Hall–Kier alpha value is -2.70. The summed E-state index contributed by atoms with van der Waals surface area (Å²) >= 11 is 0. The van der Waals surface area contributed by atoms with E-state index in [0.717, 1.165) is 25.7 Å². The number of aliphatic hydroxyl groups excluding tert-OH is 1. The van der Waals surface area contributed by atoms with Crippen LogP contribution in [0.15, 0.2) is 35.6 Å². The molecule has 2 rings (SSSR count). The van der Waals surface area contributed by atoms with Crippen LogP contribution in [0.5, 0.6) is 0 Å². The lowest BCUT2D eigenvalue weighted by Crippen LogP contribution is -2.35. The minimum Gasteiger partial charge on any atom is -0.503 e. The summed E-state index contributed by atoms with van der Waals surface area (Å²) in [5.74, 6) is -1.20. The average molecular weight is 374 g/mol. The summed E-state index contributed by atoms with van der Waals surface area (Å²) in [5, 5.41) is 21.2. The van der Waals surface area contributed by atoms with Crippen molar-refractivity contribution >= 4 is 17.4 Å². The lowest BCUT2D eigenvalue weighted by Gasteiger charge is -2.30. The van der Waals surface area contributed by atoms with Crippen LogP contribution in [0, 0.1) is 16.0 Å². The summed E-state index contributed by atoms with van der Waals surface area (Å²) in [6, 6.07) is 5.06. The number of rotatable bonds is 9. The van der Waals surface area contributed by atoms with Gasteiger partial charge in [0.05, 0.1) is 16.5 Å². The zero-order chi connectivity index (χ0) is 20.1. The fraction of sp³-hybridized carbons (Fsp3) is 0.500. The molecule has 0 saturated carbocycles. The lowest BCUT2D eigenvalue weighted by atomic mass is 9.94. The summed E-state index contributed by atoms with van der Waals surface area (Å²) in [6.07, 6.45) is 3.94. The Balaban J connectivity index is 2.40. The Morgan fingerprint density at radius 3 is 2.41 bits per heavy atom. The number of nitro groups is 1.